The fraction of sp³-hybridized carbons (Fsp3) is 0.500. The van der Waals surface area contributed by atoms with E-state index >= 15 is 0 Å². The molecule has 1 rings (SSSR count). The SMILES string of the molecule is COCc1cc(OC)ccc1C(C)(C)N. The van der Waals surface area contributed by atoms with Gasteiger partial charge in [0, 0.05) is 12.6 Å². The Morgan fingerprint density at radius 3 is 2.40 bits per heavy atom. The third kappa shape index (κ3) is 2.94. The monoisotopic (exact) mass is 209 g/mol. The Kier molecular flexibility index (Phi) is 3.72. The van der Waals surface area contributed by atoms with Crippen LogP contribution in [0.3, 0.4) is 0 Å². The molecule has 1 aromatic carbocycles. The van der Waals surface area contributed by atoms with Gasteiger partial charge in [-0.2, -0.15) is 0 Å². The molecule has 0 radical (unpaired) electrons. The van der Waals surface area contributed by atoms with E-state index in [0.29, 0.717) is 6.61 Å². The van der Waals surface area contributed by atoms with Crippen LogP contribution in [0.1, 0.15) is 25.0 Å². The van der Waals surface area contributed by atoms with Crippen molar-refractivity contribution in [1.82, 2.24) is 0 Å². The molecular formula is C12H19NO2. The molecule has 0 saturated carbocycles. The highest BCUT2D eigenvalue weighted by molar-refractivity contribution is 5.38. The predicted molar refractivity (Wildman–Crippen MR) is 60.9 cm³/mol. The molecule has 0 aliphatic rings. The van der Waals surface area contributed by atoms with Gasteiger partial charge in [-0.05, 0) is 37.1 Å². The third-order valence-electron chi connectivity index (χ3n) is 2.31. The molecule has 1 aromatic rings. The molecule has 0 saturated heterocycles. The minimum absolute atomic E-state index is 0.361. The second-order valence-corrected chi connectivity index (χ2v) is 4.18. The molecule has 3 heteroatoms. The second-order valence-electron chi connectivity index (χ2n) is 4.18. The number of rotatable bonds is 4. The van der Waals surface area contributed by atoms with Crippen molar-refractivity contribution in [3.05, 3.63) is 29.3 Å². The van der Waals surface area contributed by atoms with Gasteiger partial charge in [0.15, 0.2) is 0 Å². The van der Waals surface area contributed by atoms with Gasteiger partial charge in [-0.1, -0.05) is 6.07 Å². The summed E-state index contributed by atoms with van der Waals surface area (Å²) in [6, 6.07) is 5.88. The number of hydrogen-bond acceptors (Lipinski definition) is 3. The Hall–Kier alpha value is -1.06. The highest BCUT2D eigenvalue weighted by Gasteiger charge is 2.18. The van der Waals surface area contributed by atoms with Crippen LogP contribution in [0.25, 0.3) is 0 Å². The van der Waals surface area contributed by atoms with E-state index in [0.717, 1.165) is 16.9 Å². The van der Waals surface area contributed by atoms with E-state index in [2.05, 4.69) is 0 Å². The van der Waals surface area contributed by atoms with Gasteiger partial charge in [0.1, 0.15) is 5.75 Å². The zero-order chi connectivity index (χ0) is 11.5. The zero-order valence-corrected chi connectivity index (χ0v) is 9.83. The lowest BCUT2D eigenvalue weighted by Crippen LogP contribution is -2.30. The van der Waals surface area contributed by atoms with E-state index in [1.54, 1.807) is 14.2 Å². The van der Waals surface area contributed by atoms with Crippen LogP contribution in [-0.2, 0) is 16.9 Å². The molecule has 0 fully saturated rings. The summed E-state index contributed by atoms with van der Waals surface area (Å²) >= 11 is 0. The maximum atomic E-state index is 6.08. The number of nitrogens with two attached hydrogens (primary N) is 1. The van der Waals surface area contributed by atoms with Gasteiger partial charge in [-0.3, -0.25) is 0 Å². The highest BCUT2D eigenvalue weighted by Crippen LogP contribution is 2.25. The number of methoxy groups -OCH3 is 2. The molecule has 0 amide bonds. The Bertz CT molecular complexity index is 329. The molecular weight excluding hydrogens is 190 g/mol. The molecule has 15 heavy (non-hydrogen) atoms. The van der Waals surface area contributed by atoms with E-state index in [1.807, 2.05) is 32.0 Å². The maximum Gasteiger partial charge on any atom is 0.119 e. The first-order chi connectivity index (χ1) is 6.99. The van der Waals surface area contributed by atoms with Crippen LogP contribution in [-0.4, -0.2) is 14.2 Å². The topological polar surface area (TPSA) is 44.5 Å². The standard InChI is InChI=1S/C12H19NO2/c1-12(2,13)11-6-5-10(15-4)7-9(11)8-14-3/h5-7H,8,13H2,1-4H3. The van der Waals surface area contributed by atoms with Crippen molar-refractivity contribution in [3.63, 3.8) is 0 Å². The van der Waals surface area contributed by atoms with Crippen LogP contribution >= 0.6 is 0 Å². The van der Waals surface area contributed by atoms with Gasteiger partial charge in [-0.15, -0.1) is 0 Å². The maximum absolute atomic E-state index is 6.08. The quantitative estimate of drug-likeness (QED) is 0.825. The van der Waals surface area contributed by atoms with E-state index < -0.39 is 0 Å². The van der Waals surface area contributed by atoms with Crippen LogP contribution in [0.4, 0.5) is 0 Å². The molecule has 2 N–H and O–H groups in total. The number of ether oxygens (including phenoxy) is 2. The lowest BCUT2D eigenvalue weighted by molar-refractivity contribution is 0.182. The zero-order valence-electron chi connectivity index (χ0n) is 9.83. The van der Waals surface area contributed by atoms with Crippen molar-refractivity contribution in [3.8, 4) is 5.75 Å². The van der Waals surface area contributed by atoms with Crippen molar-refractivity contribution in [2.45, 2.75) is 26.0 Å². The first-order valence-corrected chi connectivity index (χ1v) is 4.94. The Morgan fingerprint density at radius 1 is 1.27 bits per heavy atom. The van der Waals surface area contributed by atoms with E-state index in [9.17, 15) is 0 Å². The van der Waals surface area contributed by atoms with Crippen LogP contribution < -0.4 is 10.5 Å². The van der Waals surface area contributed by atoms with Crippen LogP contribution in [0.2, 0.25) is 0 Å². The predicted octanol–water partition coefficient (Wildman–Crippen LogP) is 2.04. The van der Waals surface area contributed by atoms with Gasteiger partial charge in [0.25, 0.3) is 0 Å². The molecule has 0 atom stereocenters. The Morgan fingerprint density at radius 2 is 1.93 bits per heavy atom. The summed E-state index contributed by atoms with van der Waals surface area (Å²) in [5.74, 6) is 0.829. The minimum atomic E-state index is -0.361. The smallest absolute Gasteiger partial charge is 0.119 e. The number of benzene rings is 1. The fourth-order valence-corrected chi connectivity index (χ4v) is 1.60. The summed E-state index contributed by atoms with van der Waals surface area (Å²) in [7, 11) is 3.33. The molecule has 0 bridgehead atoms. The van der Waals surface area contributed by atoms with Gasteiger partial charge in [0.2, 0.25) is 0 Å². The summed E-state index contributed by atoms with van der Waals surface area (Å²) in [4.78, 5) is 0. The van der Waals surface area contributed by atoms with Crippen molar-refractivity contribution in [2.75, 3.05) is 14.2 Å². The third-order valence-corrected chi connectivity index (χ3v) is 2.31. The van der Waals surface area contributed by atoms with Gasteiger partial charge < -0.3 is 15.2 Å². The van der Waals surface area contributed by atoms with Crippen molar-refractivity contribution < 1.29 is 9.47 Å². The average molecular weight is 209 g/mol. The van der Waals surface area contributed by atoms with E-state index in [-0.39, 0.29) is 5.54 Å². The summed E-state index contributed by atoms with van der Waals surface area (Å²) in [5, 5.41) is 0. The largest absolute Gasteiger partial charge is 0.497 e. The van der Waals surface area contributed by atoms with E-state index in [1.165, 1.54) is 0 Å². The lowest BCUT2D eigenvalue weighted by Gasteiger charge is -2.23. The average Bonchev–Trinajstić information content (AvgIpc) is 2.16. The molecule has 0 aromatic heterocycles. The molecule has 3 nitrogen and oxygen atoms in total. The summed E-state index contributed by atoms with van der Waals surface area (Å²) in [6.07, 6.45) is 0. The number of hydrogen-bond donors (Lipinski definition) is 1. The first kappa shape index (κ1) is 12.0. The first-order valence-electron chi connectivity index (χ1n) is 4.94. The van der Waals surface area contributed by atoms with Crippen LogP contribution in [0.15, 0.2) is 18.2 Å². The van der Waals surface area contributed by atoms with Gasteiger partial charge >= 0.3 is 0 Å². The molecule has 0 aliphatic carbocycles. The molecule has 0 spiro atoms. The van der Waals surface area contributed by atoms with Crippen LogP contribution in [0.5, 0.6) is 5.75 Å². The Balaban J connectivity index is 3.15. The molecule has 0 heterocycles. The van der Waals surface area contributed by atoms with E-state index in [4.69, 9.17) is 15.2 Å². The van der Waals surface area contributed by atoms with Crippen molar-refractivity contribution in [2.24, 2.45) is 5.73 Å². The minimum Gasteiger partial charge on any atom is -0.497 e. The summed E-state index contributed by atoms with van der Waals surface area (Å²) < 4.78 is 10.3. The Labute approximate surface area is 91.2 Å². The van der Waals surface area contributed by atoms with Crippen molar-refractivity contribution in [1.29, 1.82) is 0 Å². The fourth-order valence-electron chi connectivity index (χ4n) is 1.60. The second kappa shape index (κ2) is 4.64. The summed E-state index contributed by atoms with van der Waals surface area (Å²) in [6.45, 7) is 4.51. The molecule has 84 valence electrons. The van der Waals surface area contributed by atoms with Crippen LogP contribution in [0, 0.1) is 0 Å². The lowest BCUT2D eigenvalue weighted by atomic mass is 9.91. The highest BCUT2D eigenvalue weighted by atomic mass is 16.5. The summed E-state index contributed by atoms with van der Waals surface area (Å²) in [5.41, 5.74) is 7.88. The van der Waals surface area contributed by atoms with Crippen molar-refractivity contribution >= 4 is 0 Å². The normalized spacial score (nSPS) is 11.5. The van der Waals surface area contributed by atoms with Gasteiger partial charge in [-0.25, -0.2) is 0 Å². The molecule has 0 aliphatic heterocycles. The molecule has 0 unspecified atom stereocenters. The van der Waals surface area contributed by atoms with Gasteiger partial charge in [0.05, 0.1) is 13.7 Å².